The molecule has 2 N–H and O–H groups in total. The first-order valence-electron chi connectivity index (χ1n) is 19.4. The fourth-order valence-corrected chi connectivity index (χ4v) is 10.6. The van der Waals surface area contributed by atoms with Crippen molar-refractivity contribution in [2.75, 3.05) is 5.32 Å². The molecule has 8 aromatic carbocycles. The van der Waals surface area contributed by atoms with Crippen LogP contribution in [0.15, 0.2) is 158 Å². The van der Waals surface area contributed by atoms with E-state index in [4.69, 9.17) is 0 Å². The first-order valence-corrected chi connectivity index (χ1v) is 19.4. The van der Waals surface area contributed by atoms with E-state index in [-0.39, 0.29) is 17.7 Å². The van der Waals surface area contributed by atoms with Crippen molar-refractivity contribution < 1.29 is 0 Å². The summed E-state index contributed by atoms with van der Waals surface area (Å²) in [5.74, 6) is 0. The third kappa shape index (κ3) is 3.75. The van der Waals surface area contributed by atoms with Crippen LogP contribution in [0.3, 0.4) is 0 Å². The summed E-state index contributed by atoms with van der Waals surface area (Å²) >= 11 is 0. The number of nitrogens with one attached hydrogen (secondary N) is 2. The molecule has 2 aliphatic rings. The van der Waals surface area contributed by atoms with Crippen LogP contribution in [0.4, 0.5) is 5.69 Å². The van der Waals surface area contributed by atoms with E-state index in [0.717, 1.165) is 5.69 Å². The average Bonchev–Trinajstić information content (AvgIpc) is 3.79. The van der Waals surface area contributed by atoms with Gasteiger partial charge in [-0.3, -0.25) is 5.32 Å². The maximum Gasteiger partial charge on any atom is 0.160 e. The first-order chi connectivity index (χ1) is 27.0. The van der Waals surface area contributed by atoms with Gasteiger partial charge in [-0.1, -0.05) is 129 Å². The molecule has 260 valence electrons. The molecule has 4 nitrogen and oxygen atoms in total. The van der Waals surface area contributed by atoms with Gasteiger partial charge >= 0.3 is 0 Å². The zero-order chi connectivity index (χ0) is 36.2. The lowest BCUT2D eigenvalue weighted by Crippen LogP contribution is -2.40. The number of hydrogen-bond acceptors (Lipinski definition) is 2. The van der Waals surface area contributed by atoms with Crippen molar-refractivity contribution in [1.82, 2.24) is 14.3 Å². The molecule has 0 saturated carbocycles. The molecular weight excluding hydrogens is 669 g/mol. The number of rotatable bonds is 2. The number of aromatic nitrogens is 2. The second-order valence-electron chi connectivity index (χ2n) is 16.2. The SMILES string of the molecule is CC1(C)c2cc(C3NC(n4c5cccc6c7cccc8c9ccccc9n(c9cccc4c9c65)c78)Nc4ccccc43)ccc2-c2cc3ccccc3cc21. The van der Waals surface area contributed by atoms with Crippen LogP contribution in [0.2, 0.25) is 0 Å². The molecule has 4 heteroatoms. The van der Waals surface area contributed by atoms with Gasteiger partial charge in [-0.25, -0.2) is 0 Å². The highest BCUT2D eigenvalue weighted by atomic mass is 15.3. The Morgan fingerprint density at radius 3 is 2.04 bits per heavy atom. The van der Waals surface area contributed by atoms with E-state index < -0.39 is 0 Å². The van der Waals surface area contributed by atoms with Crippen molar-refractivity contribution in [3.05, 3.63) is 180 Å². The normalized spacial score (nSPS) is 17.5. The zero-order valence-electron chi connectivity index (χ0n) is 30.6. The molecule has 2 unspecified atom stereocenters. The molecule has 0 saturated heterocycles. The highest BCUT2D eigenvalue weighted by Crippen LogP contribution is 2.51. The third-order valence-electron chi connectivity index (χ3n) is 13.1. The third-order valence-corrected chi connectivity index (χ3v) is 13.1. The van der Waals surface area contributed by atoms with E-state index in [2.05, 4.69) is 191 Å². The lowest BCUT2D eigenvalue weighted by atomic mass is 9.80. The Morgan fingerprint density at radius 2 is 1.15 bits per heavy atom. The summed E-state index contributed by atoms with van der Waals surface area (Å²) < 4.78 is 5.02. The largest absolute Gasteiger partial charge is 0.352 e. The average molecular weight is 705 g/mol. The fourth-order valence-electron chi connectivity index (χ4n) is 10.6. The number of nitrogens with zero attached hydrogens (tertiary/aromatic N) is 2. The van der Waals surface area contributed by atoms with Gasteiger partial charge in [-0.2, -0.15) is 0 Å². The van der Waals surface area contributed by atoms with Gasteiger partial charge in [0.15, 0.2) is 6.29 Å². The molecule has 0 amide bonds. The molecule has 0 fully saturated rings. The van der Waals surface area contributed by atoms with Gasteiger partial charge in [0.05, 0.1) is 33.6 Å². The van der Waals surface area contributed by atoms with E-state index >= 15 is 0 Å². The lowest BCUT2D eigenvalue weighted by Gasteiger charge is -2.37. The second-order valence-corrected chi connectivity index (χ2v) is 16.2. The van der Waals surface area contributed by atoms with Crippen LogP contribution in [0.1, 0.15) is 48.4 Å². The van der Waals surface area contributed by atoms with Crippen LogP contribution in [0.5, 0.6) is 0 Å². The van der Waals surface area contributed by atoms with E-state index in [1.54, 1.807) is 0 Å². The summed E-state index contributed by atoms with van der Waals surface area (Å²) in [5, 5.41) is 18.5. The number of hydrogen-bond donors (Lipinski definition) is 2. The van der Waals surface area contributed by atoms with E-state index in [0.29, 0.717) is 0 Å². The monoisotopic (exact) mass is 704 g/mol. The molecule has 11 aromatic rings. The minimum absolute atomic E-state index is 0.0214. The van der Waals surface area contributed by atoms with Crippen LogP contribution in [-0.4, -0.2) is 8.97 Å². The maximum atomic E-state index is 4.16. The number of anilines is 1. The topological polar surface area (TPSA) is 33.4 Å². The van der Waals surface area contributed by atoms with Gasteiger partial charge in [0.2, 0.25) is 0 Å². The zero-order valence-corrected chi connectivity index (χ0v) is 30.6. The molecule has 55 heavy (non-hydrogen) atoms. The molecule has 0 bridgehead atoms. The Morgan fingerprint density at radius 1 is 0.509 bits per heavy atom. The van der Waals surface area contributed by atoms with Gasteiger partial charge in [0.1, 0.15) is 0 Å². The summed E-state index contributed by atoms with van der Waals surface area (Å²) in [6.07, 6.45) is -0.203. The Bertz CT molecular complexity index is 3430. The Labute approximate surface area is 317 Å². The predicted molar refractivity (Wildman–Crippen MR) is 230 cm³/mol. The van der Waals surface area contributed by atoms with Crippen LogP contribution in [0, 0.1) is 0 Å². The molecule has 3 aromatic heterocycles. The quantitative estimate of drug-likeness (QED) is 0.188. The summed E-state index contributed by atoms with van der Waals surface area (Å²) in [5.41, 5.74) is 15.2. The molecule has 0 spiro atoms. The summed E-state index contributed by atoms with van der Waals surface area (Å²) in [7, 11) is 0. The number of para-hydroxylation sites is 3. The van der Waals surface area contributed by atoms with E-state index in [1.807, 2.05) is 0 Å². The summed E-state index contributed by atoms with van der Waals surface area (Å²) in [6, 6.07) is 59.0. The van der Waals surface area contributed by atoms with Crippen molar-refractivity contribution in [3.8, 4) is 11.1 Å². The highest BCUT2D eigenvalue weighted by Gasteiger charge is 2.38. The van der Waals surface area contributed by atoms with Crippen LogP contribution >= 0.6 is 0 Å². The van der Waals surface area contributed by atoms with Gasteiger partial charge in [-0.15, -0.1) is 0 Å². The van der Waals surface area contributed by atoms with Crippen molar-refractivity contribution in [1.29, 1.82) is 0 Å². The number of benzene rings is 8. The molecule has 2 atom stereocenters. The number of fused-ring (bicyclic) bond motifs is 10. The van der Waals surface area contributed by atoms with Gasteiger partial charge in [0.25, 0.3) is 0 Å². The van der Waals surface area contributed by atoms with Crippen LogP contribution in [-0.2, 0) is 5.41 Å². The Hall–Kier alpha value is -6.62. The molecule has 0 radical (unpaired) electrons. The van der Waals surface area contributed by atoms with Gasteiger partial charge < -0.3 is 14.3 Å². The van der Waals surface area contributed by atoms with Crippen LogP contribution < -0.4 is 10.6 Å². The van der Waals surface area contributed by atoms with Gasteiger partial charge in [0, 0.05) is 38.0 Å². The van der Waals surface area contributed by atoms with E-state index in [9.17, 15) is 0 Å². The second kappa shape index (κ2) is 10.3. The molecule has 4 heterocycles. The van der Waals surface area contributed by atoms with Crippen molar-refractivity contribution >= 4 is 76.4 Å². The highest BCUT2D eigenvalue weighted by molar-refractivity contribution is 6.31. The predicted octanol–water partition coefficient (Wildman–Crippen LogP) is 12.7. The molecule has 1 aliphatic carbocycles. The first kappa shape index (κ1) is 29.8. The van der Waals surface area contributed by atoms with Crippen molar-refractivity contribution in [3.63, 3.8) is 0 Å². The lowest BCUT2D eigenvalue weighted by molar-refractivity contribution is 0.416. The standard InChI is InChI=1S/C51H36N4/c1-51(2)39-28-31(24-25-32(39)38-26-29-12-3-4-13-30(29)27-40(38)51)48-37-15-5-7-19-41(37)52-50(53-48)55-43-21-10-16-34-36-18-9-17-35-33-14-6-8-20-42(33)54(49(35)36)44-22-11-23-45(55)47(44)46(34)43/h3-28,48,50,52-53H,1-2H3. The van der Waals surface area contributed by atoms with Crippen LogP contribution in [0.25, 0.3) is 81.8 Å². The fraction of sp³-hybridized carbons (Fsp3) is 0.0980. The van der Waals surface area contributed by atoms with Crippen molar-refractivity contribution in [2.24, 2.45) is 0 Å². The summed E-state index contributed by atoms with van der Waals surface area (Å²) in [6.45, 7) is 4.78. The maximum absolute atomic E-state index is 4.16. The molecule has 1 aliphatic heterocycles. The van der Waals surface area contributed by atoms with E-state index in [1.165, 1.54) is 104 Å². The molecular formula is C51H36N4. The van der Waals surface area contributed by atoms with Crippen molar-refractivity contribution in [2.45, 2.75) is 31.6 Å². The minimum Gasteiger partial charge on any atom is -0.352 e. The Balaban J connectivity index is 1.03. The summed E-state index contributed by atoms with van der Waals surface area (Å²) in [4.78, 5) is 0. The minimum atomic E-state index is -0.203. The smallest absolute Gasteiger partial charge is 0.160 e. The Kier molecular flexibility index (Phi) is 5.59. The van der Waals surface area contributed by atoms with Gasteiger partial charge in [-0.05, 0) is 92.0 Å². The molecule has 13 rings (SSSR count).